The summed E-state index contributed by atoms with van der Waals surface area (Å²) in [5, 5.41) is 5.32. The van der Waals surface area contributed by atoms with Gasteiger partial charge in [0.05, 0.1) is 6.54 Å². The van der Waals surface area contributed by atoms with Crippen LogP contribution >= 0.6 is 0 Å². The SMILES string of the molecule is CC(=O)NCCC(=O)N1CCN(CC(=O)Nc2ccc(F)cc2)CC1. The molecule has 0 saturated carbocycles. The molecule has 1 fully saturated rings. The number of hydrogen-bond acceptors (Lipinski definition) is 4. The van der Waals surface area contributed by atoms with Gasteiger partial charge in [-0.05, 0) is 24.3 Å². The minimum absolute atomic E-state index is 0.00386. The monoisotopic (exact) mass is 350 g/mol. The number of hydrogen-bond donors (Lipinski definition) is 2. The van der Waals surface area contributed by atoms with Gasteiger partial charge in [0.1, 0.15) is 5.82 Å². The topological polar surface area (TPSA) is 81.8 Å². The Kier molecular flexibility index (Phi) is 6.88. The minimum atomic E-state index is -0.350. The van der Waals surface area contributed by atoms with Crippen LogP contribution in [-0.4, -0.2) is 66.8 Å². The van der Waals surface area contributed by atoms with Gasteiger partial charge < -0.3 is 15.5 Å². The first-order chi connectivity index (χ1) is 11.9. The zero-order valence-electron chi connectivity index (χ0n) is 14.3. The molecule has 0 atom stereocenters. The van der Waals surface area contributed by atoms with Gasteiger partial charge in [-0.15, -0.1) is 0 Å². The van der Waals surface area contributed by atoms with Crippen molar-refractivity contribution >= 4 is 23.4 Å². The molecule has 2 rings (SSSR count). The van der Waals surface area contributed by atoms with E-state index < -0.39 is 0 Å². The van der Waals surface area contributed by atoms with Crippen LogP contribution in [-0.2, 0) is 14.4 Å². The van der Waals surface area contributed by atoms with Gasteiger partial charge in [0, 0.05) is 51.8 Å². The maximum absolute atomic E-state index is 12.8. The molecule has 0 aromatic heterocycles. The van der Waals surface area contributed by atoms with Crippen LogP contribution in [0.4, 0.5) is 10.1 Å². The van der Waals surface area contributed by atoms with Crippen molar-refractivity contribution < 1.29 is 18.8 Å². The van der Waals surface area contributed by atoms with Crippen LogP contribution in [0.15, 0.2) is 24.3 Å². The molecule has 0 radical (unpaired) electrons. The first kappa shape index (κ1) is 18.9. The second-order valence-electron chi connectivity index (χ2n) is 5.94. The molecule has 25 heavy (non-hydrogen) atoms. The van der Waals surface area contributed by atoms with Gasteiger partial charge >= 0.3 is 0 Å². The smallest absolute Gasteiger partial charge is 0.238 e. The molecular weight excluding hydrogens is 327 g/mol. The molecule has 1 aliphatic rings. The van der Waals surface area contributed by atoms with E-state index in [-0.39, 0.29) is 36.5 Å². The number of carbonyl (C=O) groups is 3. The molecule has 136 valence electrons. The molecule has 1 saturated heterocycles. The summed E-state index contributed by atoms with van der Waals surface area (Å²) < 4.78 is 12.8. The number of amides is 3. The summed E-state index contributed by atoms with van der Waals surface area (Å²) in [6.45, 7) is 4.33. The molecule has 1 aliphatic heterocycles. The van der Waals surface area contributed by atoms with Crippen LogP contribution in [0.1, 0.15) is 13.3 Å². The largest absolute Gasteiger partial charge is 0.356 e. The van der Waals surface area contributed by atoms with E-state index in [9.17, 15) is 18.8 Å². The van der Waals surface area contributed by atoms with Crippen LogP contribution in [0, 0.1) is 5.82 Å². The molecule has 1 heterocycles. The molecule has 0 bridgehead atoms. The zero-order chi connectivity index (χ0) is 18.2. The minimum Gasteiger partial charge on any atom is -0.356 e. The Bertz CT molecular complexity index is 613. The van der Waals surface area contributed by atoms with Crippen molar-refractivity contribution in [3.05, 3.63) is 30.1 Å². The molecule has 2 N–H and O–H groups in total. The summed E-state index contributed by atoms with van der Waals surface area (Å²) in [6, 6.07) is 5.61. The molecule has 7 nitrogen and oxygen atoms in total. The fourth-order valence-corrected chi connectivity index (χ4v) is 2.60. The third kappa shape index (κ3) is 6.50. The molecule has 1 aromatic rings. The van der Waals surface area contributed by atoms with Gasteiger partial charge in [-0.3, -0.25) is 19.3 Å². The zero-order valence-corrected chi connectivity index (χ0v) is 14.3. The maximum Gasteiger partial charge on any atom is 0.238 e. The highest BCUT2D eigenvalue weighted by molar-refractivity contribution is 5.92. The third-order valence-electron chi connectivity index (χ3n) is 3.93. The summed E-state index contributed by atoms with van der Waals surface area (Å²) in [5.41, 5.74) is 0.554. The van der Waals surface area contributed by atoms with E-state index in [4.69, 9.17) is 0 Å². The fraction of sp³-hybridized carbons (Fsp3) is 0.471. The van der Waals surface area contributed by atoms with Gasteiger partial charge in [-0.25, -0.2) is 4.39 Å². The third-order valence-corrected chi connectivity index (χ3v) is 3.93. The van der Waals surface area contributed by atoms with Gasteiger partial charge in [-0.1, -0.05) is 0 Å². The molecular formula is C17H23FN4O3. The van der Waals surface area contributed by atoms with Crippen molar-refractivity contribution in [1.29, 1.82) is 0 Å². The van der Waals surface area contributed by atoms with E-state index in [1.54, 1.807) is 4.90 Å². The van der Waals surface area contributed by atoms with Crippen LogP contribution in [0.3, 0.4) is 0 Å². The number of halogens is 1. The van der Waals surface area contributed by atoms with Crippen molar-refractivity contribution in [2.75, 3.05) is 44.6 Å². The Balaban J connectivity index is 1.69. The normalized spacial score (nSPS) is 14.9. The second-order valence-corrected chi connectivity index (χ2v) is 5.94. The molecule has 8 heteroatoms. The number of benzene rings is 1. The van der Waals surface area contributed by atoms with Crippen molar-refractivity contribution in [3.8, 4) is 0 Å². The quantitative estimate of drug-likeness (QED) is 0.780. The number of nitrogens with zero attached hydrogens (tertiary/aromatic N) is 2. The van der Waals surface area contributed by atoms with Gasteiger partial charge in [0.25, 0.3) is 0 Å². The summed E-state index contributed by atoms with van der Waals surface area (Å²) in [7, 11) is 0. The maximum atomic E-state index is 12.8. The number of anilines is 1. The lowest BCUT2D eigenvalue weighted by molar-refractivity contribution is -0.133. The molecule has 0 aliphatic carbocycles. The number of piperazine rings is 1. The van der Waals surface area contributed by atoms with Gasteiger partial charge in [-0.2, -0.15) is 0 Å². The van der Waals surface area contributed by atoms with Crippen LogP contribution in [0.25, 0.3) is 0 Å². The number of carbonyl (C=O) groups excluding carboxylic acids is 3. The predicted octanol–water partition coefficient (Wildman–Crippen LogP) is 0.435. The highest BCUT2D eigenvalue weighted by Gasteiger charge is 2.22. The fourth-order valence-electron chi connectivity index (χ4n) is 2.60. The highest BCUT2D eigenvalue weighted by Crippen LogP contribution is 2.09. The Hall–Kier alpha value is -2.48. The van der Waals surface area contributed by atoms with Crippen LogP contribution < -0.4 is 10.6 Å². The van der Waals surface area contributed by atoms with E-state index in [0.29, 0.717) is 38.4 Å². The summed E-state index contributed by atoms with van der Waals surface area (Å²) in [5.74, 6) is -0.664. The van der Waals surface area contributed by atoms with Gasteiger partial charge in [0.15, 0.2) is 0 Å². The van der Waals surface area contributed by atoms with Crippen molar-refractivity contribution in [1.82, 2.24) is 15.1 Å². The van der Waals surface area contributed by atoms with E-state index in [0.717, 1.165) is 0 Å². The molecule has 1 aromatic carbocycles. The van der Waals surface area contributed by atoms with E-state index in [1.807, 2.05) is 4.90 Å². The summed E-state index contributed by atoms with van der Waals surface area (Å²) in [4.78, 5) is 38.6. The molecule has 3 amide bonds. The lowest BCUT2D eigenvalue weighted by Crippen LogP contribution is -2.50. The Morgan fingerprint density at radius 3 is 2.32 bits per heavy atom. The lowest BCUT2D eigenvalue weighted by atomic mass is 10.2. The van der Waals surface area contributed by atoms with Crippen LogP contribution in [0.2, 0.25) is 0 Å². The first-order valence-corrected chi connectivity index (χ1v) is 8.24. The first-order valence-electron chi connectivity index (χ1n) is 8.24. The van der Waals surface area contributed by atoms with E-state index >= 15 is 0 Å². The lowest BCUT2D eigenvalue weighted by Gasteiger charge is -2.34. The Morgan fingerprint density at radius 2 is 1.72 bits per heavy atom. The Morgan fingerprint density at radius 1 is 1.08 bits per heavy atom. The van der Waals surface area contributed by atoms with Crippen LogP contribution in [0.5, 0.6) is 0 Å². The van der Waals surface area contributed by atoms with Crippen molar-refractivity contribution in [3.63, 3.8) is 0 Å². The Labute approximate surface area is 146 Å². The number of nitrogens with one attached hydrogen (secondary N) is 2. The predicted molar refractivity (Wildman–Crippen MR) is 91.4 cm³/mol. The second kappa shape index (κ2) is 9.12. The summed E-state index contributed by atoms with van der Waals surface area (Å²) >= 11 is 0. The van der Waals surface area contributed by atoms with Crippen molar-refractivity contribution in [2.24, 2.45) is 0 Å². The average molecular weight is 350 g/mol. The highest BCUT2D eigenvalue weighted by atomic mass is 19.1. The van der Waals surface area contributed by atoms with Crippen molar-refractivity contribution in [2.45, 2.75) is 13.3 Å². The number of rotatable bonds is 6. The molecule has 0 unspecified atom stereocenters. The van der Waals surface area contributed by atoms with Gasteiger partial charge in [0.2, 0.25) is 17.7 Å². The standard InChI is InChI=1S/C17H23FN4O3/c1-13(23)19-7-6-17(25)22-10-8-21(9-11-22)12-16(24)20-15-4-2-14(18)3-5-15/h2-5H,6-12H2,1H3,(H,19,23)(H,20,24). The summed E-state index contributed by atoms with van der Waals surface area (Å²) in [6.07, 6.45) is 0.282. The molecule has 0 spiro atoms. The average Bonchev–Trinajstić information content (AvgIpc) is 2.57. The van der Waals surface area contributed by atoms with E-state index in [2.05, 4.69) is 10.6 Å². The van der Waals surface area contributed by atoms with E-state index in [1.165, 1.54) is 31.2 Å².